The molecule has 0 aliphatic carbocycles. The lowest BCUT2D eigenvalue weighted by atomic mass is 10.1. The molecule has 0 fully saturated rings. The number of fused-ring (bicyclic) bond motifs is 1. The van der Waals surface area contributed by atoms with Crippen molar-refractivity contribution in [3.63, 3.8) is 0 Å². The summed E-state index contributed by atoms with van der Waals surface area (Å²) in [5, 5.41) is 17.2. The van der Waals surface area contributed by atoms with Gasteiger partial charge in [-0.3, -0.25) is 20.2 Å². The first-order valence-electron chi connectivity index (χ1n) is 8.01. The summed E-state index contributed by atoms with van der Waals surface area (Å²) < 4.78 is 1.06. The third-order valence-electron chi connectivity index (χ3n) is 4.14. The number of carbonyl (C=O) groups is 1. The molecular weight excluding hydrogens is 384 g/mol. The molecule has 2 aromatic carbocycles. The third kappa shape index (κ3) is 3.79. The molecule has 0 aliphatic rings. The second-order valence-electron chi connectivity index (χ2n) is 6.01. The fourth-order valence-corrected chi connectivity index (χ4v) is 3.95. The van der Waals surface area contributed by atoms with Gasteiger partial charge in [0.05, 0.1) is 15.1 Å². The molecule has 27 heavy (non-hydrogen) atoms. The van der Waals surface area contributed by atoms with Crippen LogP contribution in [0, 0.1) is 30.9 Å². The van der Waals surface area contributed by atoms with Crippen molar-refractivity contribution in [2.45, 2.75) is 20.8 Å². The van der Waals surface area contributed by atoms with E-state index in [2.05, 4.69) is 15.6 Å². The Morgan fingerprint density at radius 1 is 1.19 bits per heavy atom. The lowest BCUT2D eigenvalue weighted by Crippen LogP contribution is -2.34. The van der Waals surface area contributed by atoms with E-state index in [-0.39, 0.29) is 21.9 Å². The number of amides is 1. The quantitative estimate of drug-likeness (QED) is 0.387. The summed E-state index contributed by atoms with van der Waals surface area (Å²) in [5.74, 6) is -0.512. The molecule has 0 saturated carbocycles. The van der Waals surface area contributed by atoms with Gasteiger partial charge >= 0.3 is 0 Å². The van der Waals surface area contributed by atoms with Gasteiger partial charge < -0.3 is 5.32 Å². The van der Waals surface area contributed by atoms with Crippen molar-refractivity contribution in [3.05, 3.63) is 62.7 Å². The summed E-state index contributed by atoms with van der Waals surface area (Å²) in [5.41, 5.74) is 3.44. The number of rotatable bonds is 3. The Kier molecular flexibility index (Phi) is 5.15. The van der Waals surface area contributed by atoms with Crippen LogP contribution < -0.4 is 10.6 Å². The summed E-state index contributed by atoms with van der Waals surface area (Å²) in [4.78, 5) is 27.5. The SMILES string of the molecule is Cc1c(C(=O)NC(=S)Nc2nc3c(C)ccc(C)c3s2)cccc1[N+](=O)[O-]. The average Bonchev–Trinajstić information content (AvgIpc) is 3.02. The van der Waals surface area contributed by atoms with Crippen molar-refractivity contribution in [1.82, 2.24) is 10.3 Å². The molecule has 3 aromatic rings. The highest BCUT2D eigenvalue weighted by atomic mass is 32.1. The molecule has 138 valence electrons. The highest BCUT2D eigenvalue weighted by Gasteiger charge is 2.19. The standard InChI is InChI=1S/C18H16N4O3S2/c1-9-7-8-10(2)15-14(9)19-18(27-15)21-17(26)20-16(23)12-5-4-6-13(11(12)3)22(24)25/h4-8H,1-3H3,(H2,19,20,21,23,26). The average molecular weight is 400 g/mol. The number of thiazole rings is 1. The maximum Gasteiger partial charge on any atom is 0.273 e. The van der Waals surface area contributed by atoms with Gasteiger partial charge in [-0.05, 0) is 50.2 Å². The molecule has 0 atom stereocenters. The molecule has 1 aromatic heterocycles. The number of nitro benzene ring substituents is 1. The first kappa shape index (κ1) is 18.9. The van der Waals surface area contributed by atoms with Crippen LogP contribution in [0.2, 0.25) is 0 Å². The van der Waals surface area contributed by atoms with Crippen LogP contribution in [0.25, 0.3) is 10.2 Å². The molecule has 1 heterocycles. The number of benzene rings is 2. The lowest BCUT2D eigenvalue weighted by molar-refractivity contribution is -0.385. The number of carbonyl (C=O) groups excluding carboxylic acids is 1. The normalized spacial score (nSPS) is 10.6. The number of anilines is 1. The van der Waals surface area contributed by atoms with E-state index in [1.807, 2.05) is 26.0 Å². The van der Waals surface area contributed by atoms with Gasteiger partial charge in [0.15, 0.2) is 10.2 Å². The molecule has 7 nitrogen and oxygen atoms in total. The summed E-state index contributed by atoms with van der Waals surface area (Å²) in [6.45, 7) is 5.52. The van der Waals surface area contributed by atoms with Crippen LogP contribution in [0.5, 0.6) is 0 Å². The predicted octanol–water partition coefficient (Wildman–Crippen LogP) is 4.26. The second kappa shape index (κ2) is 7.37. The molecule has 0 bridgehead atoms. The zero-order chi connectivity index (χ0) is 19.7. The van der Waals surface area contributed by atoms with E-state index in [1.54, 1.807) is 0 Å². The van der Waals surface area contributed by atoms with Gasteiger partial charge in [-0.2, -0.15) is 0 Å². The number of hydrogen-bond acceptors (Lipinski definition) is 6. The molecule has 1 amide bonds. The smallest absolute Gasteiger partial charge is 0.273 e. The number of thiocarbonyl (C=S) groups is 1. The van der Waals surface area contributed by atoms with E-state index in [9.17, 15) is 14.9 Å². The largest absolute Gasteiger partial charge is 0.308 e. The zero-order valence-electron chi connectivity index (χ0n) is 14.8. The van der Waals surface area contributed by atoms with Gasteiger partial charge in [0.2, 0.25) is 0 Å². The van der Waals surface area contributed by atoms with Gasteiger partial charge in [-0.1, -0.05) is 29.5 Å². The fourth-order valence-electron chi connectivity index (χ4n) is 2.68. The van der Waals surface area contributed by atoms with Gasteiger partial charge in [0.25, 0.3) is 11.6 Å². The first-order chi connectivity index (χ1) is 12.8. The van der Waals surface area contributed by atoms with E-state index < -0.39 is 10.8 Å². The third-order valence-corrected chi connectivity index (χ3v) is 5.45. The van der Waals surface area contributed by atoms with Gasteiger partial charge in [0, 0.05) is 17.2 Å². The predicted molar refractivity (Wildman–Crippen MR) is 111 cm³/mol. The summed E-state index contributed by atoms with van der Waals surface area (Å²) in [6, 6.07) is 8.38. The molecule has 3 rings (SSSR count). The van der Waals surface area contributed by atoms with E-state index in [0.717, 1.165) is 21.3 Å². The van der Waals surface area contributed by atoms with Crippen molar-refractivity contribution < 1.29 is 9.72 Å². The summed E-state index contributed by atoms with van der Waals surface area (Å²) in [6.07, 6.45) is 0. The van der Waals surface area contributed by atoms with Gasteiger partial charge in [-0.15, -0.1) is 0 Å². The topological polar surface area (TPSA) is 97.2 Å². The number of nitrogens with zero attached hydrogens (tertiary/aromatic N) is 2. The number of nitrogens with one attached hydrogen (secondary N) is 2. The monoisotopic (exact) mass is 400 g/mol. The van der Waals surface area contributed by atoms with E-state index >= 15 is 0 Å². The van der Waals surface area contributed by atoms with Crippen LogP contribution in [0.4, 0.5) is 10.8 Å². The van der Waals surface area contributed by atoms with E-state index in [1.165, 1.54) is 36.5 Å². The Bertz CT molecular complexity index is 1050. The molecule has 0 aliphatic heterocycles. The highest BCUT2D eigenvalue weighted by molar-refractivity contribution is 7.80. The van der Waals surface area contributed by atoms with Gasteiger partial charge in [-0.25, -0.2) is 4.98 Å². The molecular formula is C18H16N4O3S2. The maximum atomic E-state index is 12.4. The maximum absolute atomic E-state index is 12.4. The second-order valence-corrected chi connectivity index (χ2v) is 7.42. The molecule has 0 radical (unpaired) electrons. The van der Waals surface area contributed by atoms with Crippen LogP contribution in [0.1, 0.15) is 27.0 Å². The van der Waals surface area contributed by atoms with Crippen LogP contribution in [0.3, 0.4) is 0 Å². The van der Waals surface area contributed by atoms with Crippen LogP contribution >= 0.6 is 23.6 Å². The summed E-state index contributed by atoms with van der Waals surface area (Å²) in [7, 11) is 0. The molecule has 9 heteroatoms. The number of aromatic nitrogens is 1. The molecule has 2 N–H and O–H groups in total. The van der Waals surface area contributed by atoms with Crippen molar-refractivity contribution in [2.24, 2.45) is 0 Å². The summed E-state index contributed by atoms with van der Waals surface area (Å²) >= 11 is 6.65. The fraction of sp³-hybridized carbons (Fsp3) is 0.167. The Hall–Kier alpha value is -2.91. The van der Waals surface area contributed by atoms with Crippen molar-refractivity contribution in [1.29, 1.82) is 0 Å². The van der Waals surface area contributed by atoms with Crippen LogP contribution in [-0.4, -0.2) is 20.9 Å². The Morgan fingerprint density at radius 3 is 2.56 bits per heavy atom. The number of hydrogen-bond donors (Lipinski definition) is 2. The van der Waals surface area contributed by atoms with Crippen molar-refractivity contribution >= 4 is 55.6 Å². The first-order valence-corrected chi connectivity index (χ1v) is 9.23. The number of nitro groups is 1. The van der Waals surface area contributed by atoms with E-state index in [4.69, 9.17) is 12.2 Å². The van der Waals surface area contributed by atoms with Gasteiger partial charge in [0.1, 0.15) is 0 Å². The molecule has 0 unspecified atom stereocenters. The Balaban J connectivity index is 1.78. The lowest BCUT2D eigenvalue weighted by Gasteiger charge is -2.09. The zero-order valence-corrected chi connectivity index (χ0v) is 16.5. The van der Waals surface area contributed by atoms with E-state index in [0.29, 0.717) is 5.13 Å². The van der Waals surface area contributed by atoms with Crippen LogP contribution in [0.15, 0.2) is 30.3 Å². The number of aryl methyl sites for hydroxylation is 2. The molecule has 0 saturated heterocycles. The minimum absolute atomic E-state index is 0.0836. The minimum atomic E-state index is -0.519. The van der Waals surface area contributed by atoms with Crippen molar-refractivity contribution in [2.75, 3.05) is 5.32 Å². The van der Waals surface area contributed by atoms with Crippen molar-refractivity contribution in [3.8, 4) is 0 Å². The minimum Gasteiger partial charge on any atom is -0.308 e. The Morgan fingerprint density at radius 2 is 1.89 bits per heavy atom. The Labute approximate surface area is 164 Å². The highest BCUT2D eigenvalue weighted by Crippen LogP contribution is 2.30. The van der Waals surface area contributed by atoms with Crippen LogP contribution in [-0.2, 0) is 0 Å². The molecule has 0 spiro atoms.